The van der Waals surface area contributed by atoms with Gasteiger partial charge in [0.1, 0.15) is 5.66 Å². The minimum atomic E-state index is -0.0608. The van der Waals surface area contributed by atoms with E-state index in [0.29, 0.717) is 0 Å². The zero-order valence-electron chi connectivity index (χ0n) is 6.93. The van der Waals surface area contributed by atoms with Crippen molar-refractivity contribution in [2.45, 2.75) is 18.8 Å². The van der Waals surface area contributed by atoms with Gasteiger partial charge in [-0.05, 0) is 14.0 Å². The summed E-state index contributed by atoms with van der Waals surface area (Å²) in [6.07, 6.45) is 0.0856. The van der Waals surface area contributed by atoms with E-state index in [1.807, 2.05) is 19.1 Å². The van der Waals surface area contributed by atoms with Crippen LogP contribution in [0.25, 0.3) is 0 Å². The SMILES string of the molecule is CNC1(C)[C@@H](OC)NN1C. The van der Waals surface area contributed by atoms with E-state index in [1.165, 1.54) is 0 Å². The molecule has 0 aromatic rings. The topological polar surface area (TPSA) is 36.5 Å². The lowest BCUT2D eigenvalue weighted by Gasteiger charge is -2.54. The van der Waals surface area contributed by atoms with E-state index in [2.05, 4.69) is 17.7 Å². The number of methoxy groups -OCH3 is 1. The van der Waals surface area contributed by atoms with Gasteiger partial charge in [0.15, 0.2) is 6.23 Å². The van der Waals surface area contributed by atoms with Crippen molar-refractivity contribution in [3.8, 4) is 0 Å². The Morgan fingerprint density at radius 2 is 2.30 bits per heavy atom. The Hall–Kier alpha value is -0.160. The van der Waals surface area contributed by atoms with Gasteiger partial charge < -0.3 is 4.74 Å². The standard InChI is InChI=1S/C6H15N3O/c1-6(7-2)5(10-4)8-9(6)3/h5,7-8H,1-4H3/t5-,6?/m1/s1. The maximum atomic E-state index is 5.15. The van der Waals surface area contributed by atoms with Crippen LogP contribution in [0.5, 0.6) is 0 Å². The zero-order chi connectivity index (χ0) is 7.78. The molecule has 10 heavy (non-hydrogen) atoms. The van der Waals surface area contributed by atoms with Crippen molar-refractivity contribution in [2.75, 3.05) is 21.2 Å². The first-order chi connectivity index (χ1) is 4.65. The predicted molar refractivity (Wildman–Crippen MR) is 39.2 cm³/mol. The van der Waals surface area contributed by atoms with Gasteiger partial charge in [-0.3, -0.25) is 5.32 Å². The minimum absolute atomic E-state index is 0.0608. The molecule has 2 atom stereocenters. The third-order valence-corrected chi connectivity index (χ3v) is 2.26. The summed E-state index contributed by atoms with van der Waals surface area (Å²) in [4.78, 5) is 0. The molecule has 2 N–H and O–H groups in total. The van der Waals surface area contributed by atoms with Crippen molar-refractivity contribution in [1.82, 2.24) is 15.8 Å². The fourth-order valence-corrected chi connectivity index (χ4v) is 1.13. The Morgan fingerprint density at radius 1 is 1.70 bits per heavy atom. The highest BCUT2D eigenvalue weighted by Crippen LogP contribution is 2.21. The van der Waals surface area contributed by atoms with Crippen LogP contribution in [0, 0.1) is 0 Å². The second-order valence-corrected chi connectivity index (χ2v) is 2.70. The van der Waals surface area contributed by atoms with E-state index < -0.39 is 0 Å². The molecule has 4 heteroatoms. The molecule has 0 aliphatic carbocycles. The second-order valence-electron chi connectivity index (χ2n) is 2.70. The van der Waals surface area contributed by atoms with E-state index in [1.54, 1.807) is 7.11 Å². The van der Waals surface area contributed by atoms with Gasteiger partial charge in [-0.1, -0.05) is 0 Å². The number of nitrogens with one attached hydrogen (secondary N) is 2. The summed E-state index contributed by atoms with van der Waals surface area (Å²) in [5.74, 6) is 0. The van der Waals surface area contributed by atoms with Crippen molar-refractivity contribution >= 4 is 0 Å². The van der Waals surface area contributed by atoms with Crippen molar-refractivity contribution in [3.05, 3.63) is 0 Å². The molecule has 1 unspecified atom stereocenters. The molecule has 0 aromatic carbocycles. The summed E-state index contributed by atoms with van der Waals surface area (Å²) in [5.41, 5.74) is 3.02. The average Bonchev–Trinajstić information content (AvgIpc) is 1.98. The van der Waals surface area contributed by atoms with Gasteiger partial charge in [-0.2, -0.15) is 0 Å². The third-order valence-electron chi connectivity index (χ3n) is 2.26. The first-order valence-corrected chi connectivity index (χ1v) is 3.37. The molecule has 0 radical (unpaired) electrons. The molecule has 0 saturated carbocycles. The molecule has 60 valence electrons. The van der Waals surface area contributed by atoms with Crippen LogP contribution >= 0.6 is 0 Å². The maximum Gasteiger partial charge on any atom is 0.153 e. The van der Waals surface area contributed by atoms with Crippen LogP contribution < -0.4 is 10.7 Å². The molecule has 0 amide bonds. The van der Waals surface area contributed by atoms with Crippen LogP contribution in [0.4, 0.5) is 0 Å². The third kappa shape index (κ3) is 0.845. The van der Waals surface area contributed by atoms with Gasteiger partial charge in [0.25, 0.3) is 0 Å². The maximum absolute atomic E-state index is 5.15. The molecular weight excluding hydrogens is 130 g/mol. The Morgan fingerprint density at radius 3 is 2.50 bits per heavy atom. The van der Waals surface area contributed by atoms with E-state index in [0.717, 1.165) is 0 Å². The Bertz CT molecular complexity index is 130. The number of nitrogens with zero attached hydrogens (tertiary/aromatic N) is 1. The normalized spacial score (nSPS) is 41.4. The van der Waals surface area contributed by atoms with E-state index in [-0.39, 0.29) is 11.9 Å². The lowest BCUT2D eigenvalue weighted by molar-refractivity contribution is -0.209. The number of rotatable bonds is 2. The van der Waals surface area contributed by atoms with Gasteiger partial charge >= 0.3 is 0 Å². The molecule has 1 heterocycles. The number of hydrogen-bond acceptors (Lipinski definition) is 4. The highest BCUT2D eigenvalue weighted by atomic mass is 16.5. The summed E-state index contributed by atoms with van der Waals surface area (Å²) in [7, 11) is 5.59. The van der Waals surface area contributed by atoms with Crippen LogP contribution in [0.15, 0.2) is 0 Å². The molecule has 4 nitrogen and oxygen atoms in total. The second kappa shape index (κ2) is 2.47. The van der Waals surface area contributed by atoms with Gasteiger partial charge in [-0.25, -0.2) is 10.4 Å². The van der Waals surface area contributed by atoms with E-state index >= 15 is 0 Å². The highest BCUT2D eigenvalue weighted by Gasteiger charge is 2.47. The van der Waals surface area contributed by atoms with Crippen LogP contribution in [0.1, 0.15) is 6.92 Å². The molecule has 1 aliphatic rings. The molecule has 0 aromatic heterocycles. The van der Waals surface area contributed by atoms with Gasteiger partial charge in [0.2, 0.25) is 0 Å². The van der Waals surface area contributed by atoms with Gasteiger partial charge in [0, 0.05) is 14.2 Å². The fourth-order valence-electron chi connectivity index (χ4n) is 1.13. The van der Waals surface area contributed by atoms with Crippen LogP contribution in [-0.4, -0.2) is 38.1 Å². The molecule has 1 saturated heterocycles. The molecule has 1 aliphatic heterocycles. The molecule has 0 spiro atoms. The quantitative estimate of drug-likeness (QED) is 0.541. The van der Waals surface area contributed by atoms with Gasteiger partial charge in [0.05, 0.1) is 0 Å². The number of hydrogen-bond donors (Lipinski definition) is 2. The number of hydrazine groups is 1. The summed E-state index contributed by atoms with van der Waals surface area (Å²) >= 11 is 0. The number of ether oxygens (including phenoxy) is 1. The van der Waals surface area contributed by atoms with Crippen molar-refractivity contribution in [3.63, 3.8) is 0 Å². The first-order valence-electron chi connectivity index (χ1n) is 3.37. The van der Waals surface area contributed by atoms with Crippen LogP contribution in [-0.2, 0) is 4.74 Å². The summed E-state index contributed by atoms with van der Waals surface area (Å²) in [5, 5.41) is 5.15. The molecule has 1 fully saturated rings. The monoisotopic (exact) mass is 145 g/mol. The highest BCUT2D eigenvalue weighted by molar-refractivity contribution is 4.93. The first kappa shape index (κ1) is 7.94. The zero-order valence-corrected chi connectivity index (χ0v) is 6.93. The smallest absolute Gasteiger partial charge is 0.153 e. The largest absolute Gasteiger partial charge is 0.362 e. The lowest BCUT2D eigenvalue weighted by Crippen LogP contribution is -2.81. The Kier molecular flexibility index (Phi) is 1.96. The van der Waals surface area contributed by atoms with Crippen molar-refractivity contribution in [1.29, 1.82) is 0 Å². The molecule has 0 bridgehead atoms. The summed E-state index contributed by atoms with van der Waals surface area (Å²) in [6.45, 7) is 2.08. The number of likely N-dealkylation sites (N-methyl/N-ethyl adjacent to an activating group) is 2. The predicted octanol–water partition coefficient (Wildman–Crippen LogP) is -0.655. The van der Waals surface area contributed by atoms with Crippen molar-refractivity contribution < 1.29 is 4.74 Å². The molecular formula is C6H15N3O. The van der Waals surface area contributed by atoms with Gasteiger partial charge in [-0.15, -0.1) is 0 Å². The van der Waals surface area contributed by atoms with Crippen LogP contribution in [0.3, 0.4) is 0 Å². The van der Waals surface area contributed by atoms with E-state index in [9.17, 15) is 0 Å². The summed E-state index contributed by atoms with van der Waals surface area (Å²) < 4.78 is 5.15. The fraction of sp³-hybridized carbons (Fsp3) is 1.00. The average molecular weight is 145 g/mol. The van der Waals surface area contributed by atoms with E-state index in [4.69, 9.17) is 4.74 Å². The van der Waals surface area contributed by atoms with Crippen LogP contribution in [0.2, 0.25) is 0 Å². The minimum Gasteiger partial charge on any atom is -0.362 e. The molecule has 1 rings (SSSR count). The Balaban J connectivity index is 2.54. The van der Waals surface area contributed by atoms with Crippen molar-refractivity contribution in [2.24, 2.45) is 0 Å². The summed E-state index contributed by atoms with van der Waals surface area (Å²) in [6, 6.07) is 0. The lowest BCUT2D eigenvalue weighted by atomic mass is 10.1. The Labute approximate surface area is 61.5 Å².